The Morgan fingerprint density at radius 2 is 2.00 bits per heavy atom. The van der Waals surface area contributed by atoms with Crippen LogP contribution in [0.1, 0.15) is 93.3 Å². The summed E-state index contributed by atoms with van der Waals surface area (Å²) in [5.41, 5.74) is 1.48. The maximum absolute atomic E-state index is 12.6. The first kappa shape index (κ1) is 18.0. The third kappa shape index (κ3) is 3.92. The summed E-state index contributed by atoms with van der Waals surface area (Å²) in [6.45, 7) is 10.6. The highest BCUT2D eigenvalue weighted by Crippen LogP contribution is 2.41. The summed E-state index contributed by atoms with van der Waals surface area (Å²) in [4.78, 5) is 12.6. The van der Waals surface area contributed by atoms with Crippen LogP contribution in [0.2, 0.25) is 0 Å². The van der Waals surface area contributed by atoms with Crippen LogP contribution in [-0.4, -0.2) is 25.9 Å². The number of carbonyl (C=O) groups excluding carboxylic acids is 1. The van der Waals surface area contributed by atoms with Crippen LogP contribution in [0.15, 0.2) is 6.07 Å². The largest absolute Gasteiger partial charge is 0.295 e. The summed E-state index contributed by atoms with van der Waals surface area (Å²) < 4.78 is 2.00. The second-order valence-electron chi connectivity index (χ2n) is 7.72. The lowest BCUT2D eigenvalue weighted by Crippen LogP contribution is -2.25. The van der Waals surface area contributed by atoms with Crippen molar-refractivity contribution in [1.82, 2.24) is 20.0 Å². The number of hydrogen-bond acceptors (Lipinski definition) is 5. The van der Waals surface area contributed by atoms with E-state index >= 15 is 0 Å². The van der Waals surface area contributed by atoms with E-state index in [-0.39, 0.29) is 11.4 Å². The topological polar surface area (TPSA) is 72.7 Å². The van der Waals surface area contributed by atoms with E-state index < -0.39 is 0 Å². The minimum absolute atomic E-state index is 0.137. The molecule has 136 valence electrons. The Labute approximate surface area is 153 Å². The van der Waals surface area contributed by atoms with Crippen LogP contribution in [0.4, 0.5) is 5.13 Å². The van der Waals surface area contributed by atoms with Gasteiger partial charge in [0.2, 0.25) is 5.13 Å². The molecule has 0 saturated heterocycles. The quantitative estimate of drug-likeness (QED) is 0.821. The average Bonchev–Trinajstić information content (AvgIpc) is 3.12. The number of nitrogens with zero attached hydrogens (tertiary/aromatic N) is 4. The standard InChI is InChI=1S/C18H27N5OS/c1-6-11(7-2)16-20-21-17(25-16)19-15(24)13-10-14(12-8-9-12)23(22-13)18(3,4)5/h10-12H,6-9H2,1-5H3,(H,19,21,24). The van der Waals surface area contributed by atoms with Gasteiger partial charge in [0.25, 0.3) is 5.91 Å². The third-order valence-electron chi connectivity index (χ3n) is 4.60. The van der Waals surface area contributed by atoms with Crippen LogP contribution in [0.25, 0.3) is 0 Å². The van der Waals surface area contributed by atoms with Crippen molar-refractivity contribution in [2.45, 2.75) is 77.7 Å². The predicted molar refractivity (Wildman–Crippen MR) is 100 cm³/mol. The zero-order valence-electron chi connectivity index (χ0n) is 15.7. The molecule has 0 aromatic carbocycles. The summed E-state index contributed by atoms with van der Waals surface area (Å²) in [7, 11) is 0. The van der Waals surface area contributed by atoms with E-state index in [2.05, 4.69) is 55.2 Å². The molecule has 0 bridgehead atoms. The average molecular weight is 362 g/mol. The molecule has 0 radical (unpaired) electrons. The highest BCUT2D eigenvalue weighted by molar-refractivity contribution is 7.15. The SMILES string of the molecule is CCC(CC)c1nnc(NC(=O)c2cc(C3CC3)n(C(C)(C)C)n2)s1. The molecule has 0 aliphatic heterocycles. The number of carbonyl (C=O) groups is 1. The van der Waals surface area contributed by atoms with Crippen LogP contribution in [0.3, 0.4) is 0 Å². The van der Waals surface area contributed by atoms with Gasteiger partial charge < -0.3 is 0 Å². The summed E-state index contributed by atoms with van der Waals surface area (Å²) in [5.74, 6) is 0.734. The molecule has 1 amide bonds. The van der Waals surface area contributed by atoms with Gasteiger partial charge in [0.15, 0.2) is 5.69 Å². The first-order valence-electron chi connectivity index (χ1n) is 9.08. The number of hydrogen-bond donors (Lipinski definition) is 1. The number of amides is 1. The first-order valence-corrected chi connectivity index (χ1v) is 9.90. The van der Waals surface area contributed by atoms with Crippen molar-refractivity contribution in [2.75, 3.05) is 5.32 Å². The van der Waals surface area contributed by atoms with Crippen LogP contribution < -0.4 is 5.32 Å². The molecule has 7 heteroatoms. The molecule has 1 N–H and O–H groups in total. The van der Waals surface area contributed by atoms with Gasteiger partial charge in [0.1, 0.15) is 5.01 Å². The van der Waals surface area contributed by atoms with Crippen LogP contribution in [0.5, 0.6) is 0 Å². The Hall–Kier alpha value is -1.76. The summed E-state index contributed by atoms with van der Waals surface area (Å²) in [5, 5.41) is 17.3. The van der Waals surface area contributed by atoms with Crippen LogP contribution in [0, 0.1) is 0 Å². The van der Waals surface area contributed by atoms with E-state index in [0.29, 0.717) is 22.7 Å². The molecule has 1 aliphatic rings. The van der Waals surface area contributed by atoms with Gasteiger partial charge in [-0.15, -0.1) is 10.2 Å². The highest BCUT2D eigenvalue weighted by Gasteiger charge is 2.32. The minimum Gasteiger partial charge on any atom is -0.295 e. The second kappa shape index (κ2) is 6.86. The summed E-state index contributed by atoms with van der Waals surface area (Å²) in [6.07, 6.45) is 4.41. The Bertz CT molecular complexity index is 750. The van der Waals surface area contributed by atoms with Crippen LogP contribution in [-0.2, 0) is 5.54 Å². The lowest BCUT2D eigenvalue weighted by atomic mass is 10.1. The number of aromatic nitrogens is 4. The third-order valence-corrected chi connectivity index (χ3v) is 5.60. The Balaban J connectivity index is 1.78. The van der Waals surface area contributed by atoms with Gasteiger partial charge >= 0.3 is 0 Å². The molecule has 0 unspecified atom stereocenters. The molecular formula is C18H27N5OS. The molecule has 2 aromatic heterocycles. The van der Waals surface area contributed by atoms with Gasteiger partial charge in [0.05, 0.1) is 5.54 Å². The lowest BCUT2D eigenvalue weighted by Gasteiger charge is -2.22. The first-order chi connectivity index (χ1) is 11.8. The van der Waals surface area contributed by atoms with Crippen molar-refractivity contribution in [2.24, 2.45) is 0 Å². The summed E-state index contributed by atoms with van der Waals surface area (Å²) in [6, 6.07) is 1.93. The molecule has 25 heavy (non-hydrogen) atoms. The van der Waals surface area contributed by atoms with Gasteiger partial charge in [-0.3, -0.25) is 14.8 Å². The van der Waals surface area contributed by atoms with E-state index in [0.717, 1.165) is 23.5 Å². The molecule has 2 aromatic rings. The summed E-state index contributed by atoms with van der Waals surface area (Å²) >= 11 is 1.46. The predicted octanol–water partition coefficient (Wildman–Crippen LogP) is 4.52. The van der Waals surface area contributed by atoms with Gasteiger partial charge in [-0.2, -0.15) is 5.10 Å². The normalized spacial score (nSPS) is 15.0. The smallest absolute Gasteiger partial charge is 0.277 e. The van der Waals surface area contributed by atoms with Crippen molar-refractivity contribution in [3.05, 3.63) is 22.5 Å². The number of nitrogens with one attached hydrogen (secondary N) is 1. The monoisotopic (exact) mass is 361 g/mol. The van der Waals surface area contributed by atoms with E-state index in [9.17, 15) is 4.79 Å². The number of rotatable bonds is 6. The Morgan fingerprint density at radius 3 is 2.56 bits per heavy atom. The van der Waals surface area contributed by atoms with E-state index in [4.69, 9.17) is 0 Å². The van der Waals surface area contributed by atoms with Crippen molar-refractivity contribution < 1.29 is 4.79 Å². The second-order valence-corrected chi connectivity index (χ2v) is 8.73. The molecule has 3 rings (SSSR count). The van der Waals surface area contributed by atoms with Crippen molar-refractivity contribution in [3.8, 4) is 0 Å². The molecule has 1 saturated carbocycles. The zero-order chi connectivity index (χ0) is 18.2. The van der Waals surface area contributed by atoms with Crippen molar-refractivity contribution in [1.29, 1.82) is 0 Å². The van der Waals surface area contributed by atoms with Gasteiger partial charge in [-0.1, -0.05) is 25.2 Å². The molecule has 0 atom stereocenters. The maximum Gasteiger partial charge on any atom is 0.277 e. The van der Waals surface area contributed by atoms with Crippen molar-refractivity contribution >= 4 is 22.4 Å². The zero-order valence-corrected chi connectivity index (χ0v) is 16.5. The lowest BCUT2D eigenvalue weighted by molar-refractivity contribution is 0.102. The Kier molecular flexibility index (Phi) is 4.95. The van der Waals surface area contributed by atoms with Gasteiger partial charge in [-0.05, 0) is 52.5 Å². The highest BCUT2D eigenvalue weighted by atomic mass is 32.1. The number of anilines is 1. The molecule has 2 heterocycles. The van der Waals surface area contributed by atoms with E-state index in [1.165, 1.54) is 24.2 Å². The van der Waals surface area contributed by atoms with Gasteiger partial charge in [-0.25, -0.2) is 0 Å². The molecule has 1 aliphatic carbocycles. The molecule has 1 fully saturated rings. The fourth-order valence-electron chi connectivity index (χ4n) is 2.96. The molecule has 0 spiro atoms. The minimum atomic E-state index is -0.211. The fraction of sp³-hybridized carbons (Fsp3) is 0.667. The maximum atomic E-state index is 12.6. The van der Waals surface area contributed by atoms with Crippen molar-refractivity contribution in [3.63, 3.8) is 0 Å². The Morgan fingerprint density at radius 1 is 1.32 bits per heavy atom. The molecule has 6 nitrogen and oxygen atoms in total. The molecular weight excluding hydrogens is 334 g/mol. The van der Waals surface area contributed by atoms with E-state index in [1.807, 2.05) is 10.7 Å². The fourth-order valence-corrected chi connectivity index (χ4v) is 3.97. The van der Waals surface area contributed by atoms with Crippen LogP contribution >= 0.6 is 11.3 Å². The van der Waals surface area contributed by atoms with Gasteiger partial charge in [0, 0.05) is 17.5 Å². The van der Waals surface area contributed by atoms with E-state index in [1.54, 1.807) is 0 Å².